The van der Waals surface area contributed by atoms with Crippen molar-refractivity contribution in [1.29, 1.82) is 0 Å². The zero-order valence-electron chi connectivity index (χ0n) is 17.8. The van der Waals surface area contributed by atoms with Crippen LogP contribution >= 0.6 is 0 Å². The summed E-state index contributed by atoms with van der Waals surface area (Å²) >= 11 is 0. The first-order valence-corrected chi connectivity index (χ1v) is 11.6. The van der Waals surface area contributed by atoms with Crippen molar-refractivity contribution in [3.8, 4) is 12.3 Å². The maximum absolute atomic E-state index is 13.6. The summed E-state index contributed by atoms with van der Waals surface area (Å²) in [5.74, 6) is 1.92. The molecule has 3 aromatic rings. The van der Waals surface area contributed by atoms with Gasteiger partial charge in [0, 0.05) is 0 Å². The van der Waals surface area contributed by atoms with Gasteiger partial charge < -0.3 is 4.74 Å². The highest BCUT2D eigenvalue weighted by Crippen LogP contribution is 2.59. The molecule has 1 aliphatic heterocycles. The number of rotatable bonds is 6. The summed E-state index contributed by atoms with van der Waals surface area (Å²) in [6, 6.07) is 23.8. The molecule has 3 aromatic carbocycles. The smallest absolute Gasteiger partial charge is 0.339 e. The van der Waals surface area contributed by atoms with Crippen molar-refractivity contribution in [3.05, 3.63) is 102 Å². The molecule has 0 bridgehead atoms. The molecule has 1 unspecified atom stereocenters. The minimum absolute atomic E-state index is 0.165. The quantitative estimate of drug-likeness (QED) is 0.321. The number of benzene rings is 3. The van der Waals surface area contributed by atoms with Crippen LogP contribution in [0, 0.1) is 19.3 Å². The lowest BCUT2D eigenvalue weighted by Crippen LogP contribution is -2.36. The Morgan fingerprint density at radius 2 is 1.56 bits per heavy atom. The van der Waals surface area contributed by atoms with Crippen molar-refractivity contribution in [2.45, 2.75) is 36.4 Å². The Kier molecular flexibility index (Phi) is 5.64. The number of nitrogens with zero attached hydrogens (tertiary/aromatic N) is 1. The second-order valence-electron chi connectivity index (χ2n) is 7.97. The molecule has 32 heavy (non-hydrogen) atoms. The van der Waals surface area contributed by atoms with Gasteiger partial charge in [-0.05, 0) is 43.7 Å². The standard InChI is InChI=1S/C26H23NO4S/c1-4-23(31-25(28)21-13-9-6-10-14-21)26(3)24(20-11-7-5-8-12-20)27(26)32(29,30)22-17-15-19(2)16-18-22/h1,5-18,23-24H,2-3H3/t23-,24+,26+,27?/m1/s1. The number of hydrogen-bond donors (Lipinski definition) is 0. The molecule has 6 heteroatoms. The van der Waals surface area contributed by atoms with Crippen molar-refractivity contribution in [2.75, 3.05) is 0 Å². The second-order valence-corrected chi connectivity index (χ2v) is 9.79. The SMILES string of the molecule is C#C[C@@H](OC(=O)c1ccccc1)[C@@]1(C)[C@H](c2ccccc2)N1S(=O)(=O)c1ccc(C)cc1. The molecular weight excluding hydrogens is 422 g/mol. The monoisotopic (exact) mass is 445 g/mol. The van der Waals surface area contributed by atoms with Gasteiger partial charge in [0.25, 0.3) is 0 Å². The lowest BCUT2D eigenvalue weighted by molar-refractivity contribution is 0.0328. The molecule has 0 radical (unpaired) electrons. The van der Waals surface area contributed by atoms with Crippen LogP contribution in [0.1, 0.15) is 34.5 Å². The summed E-state index contributed by atoms with van der Waals surface area (Å²) in [7, 11) is -3.90. The molecule has 0 aromatic heterocycles. The minimum atomic E-state index is -3.90. The van der Waals surface area contributed by atoms with Gasteiger partial charge in [-0.1, -0.05) is 72.1 Å². The van der Waals surface area contributed by atoms with E-state index in [1.165, 1.54) is 4.31 Å². The van der Waals surface area contributed by atoms with Gasteiger partial charge in [-0.15, -0.1) is 6.42 Å². The van der Waals surface area contributed by atoms with Crippen LogP contribution in [0.5, 0.6) is 0 Å². The molecule has 4 rings (SSSR count). The molecule has 0 aliphatic carbocycles. The third-order valence-corrected chi connectivity index (χ3v) is 7.79. The normalized spacial score (nSPS) is 23.0. The Labute approximate surface area is 188 Å². The molecule has 5 nitrogen and oxygen atoms in total. The molecule has 162 valence electrons. The van der Waals surface area contributed by atoms with E-state index in [0.717, 1.165) is 11.1 Å². The van der Waals surface area contributed by atoms with E-state index in [0.29, 0.717) is 5.56 Å². The largest absolute Gasteiger partial charge is 0.443 e. The molecule has 1 saturated heterocycles. The van der Waals surface area contributed by atoms with Crippen LogP contribution in [0.25, 0.3) is 0 Å². The lowest BCUT2D eigenvalue weighted by Gasteiger charge is -2.20. The van der Waals surface area contributed by atoms with E-state index in [-0.39, 0.29) is 4.90 Å². The second kappa shape index (κ2) is 8.27. The number of esters is 1. The van der Waals surface area contributed by atoms with Crippen molar-refractivity contribution >= 4 is 16.0 Å². The van der Waals surface area contributed by atoms with Crippen LogP contribution in [-0.4, -0.2) is 30.3 Å². The first kappa shape index (κ1) is 21.8. The molecular formula is C26H23NO4S. The molecule has 0 amide bonds. The minimum Gasteiger partial charge on any atom is -0.443 e. The first-order chi connectivity index (χ1) is 15.3. The first-order valence-electron chi connectivity index (χ1n) is 10.2. The molecule has 0 saturated carbocycles. The van der Waals surface area contributed by atoms with Crippen LogP contribution in [0.3, 0.4) is 0 Å². The van der Waals surface area contributed by atoms with Crippen molar-refractivity contribution < 1.29 is 17.9 Å². The number of carbonyl (C=O) groups excluding carboxylic acids is 1. The number of terminal acetylenes is 1. The number of sulfonamides is 1. The topological polar surface area (TPSA) is 63.5 Å². The summed E-state index contributed by atoms with van der Waals surface area (Å²) < 4.78 is 34.2. The third kappa shape index (κ3) is 3.70. The maximum Gasteiger partial charge on any atom is 0.339 e. The van der Waals surface area contributed by atoms with Gasteiger partial charge in [-0.3, -0.25) is 0 Å². The Hall–Kier alpha value is -3.40. The van der Waals surface area contributed by atoms with Gasteiger partial charge in [-0.2, -0.15) is 4.31 Å². The Bertz CT molecular complexity index is 1260. The maximum atomic E-state index is 13.6. The number of hydrogen-bond acceptors (Lipinski definition) is 4. The highest BCUT2D eigenvalue weighted by molar-refractivity contribution is 7.89. The van der Waals surface area contributed by atoms with E-state index < -0.39 is 33.7 Å². The predicted octanol–water partition coefficient (Wildman–Crippen LogP) is 4.36. The van der Waals surface area contributed by atoms with Crippen LogP contribution in [0.15, 0.2) is 89.8 Å². The summed E-state index contributed by atoms with van der Waals surface area (Å²) in [5, 5.41) is 0. The van der Waals surface area contributed by atoms with E-state index in [9.17, 15) is 13.2 Å². The lowest BCUT2D eigenvalue weighted by atomic mass is 9.96. The number of aryl methyl sites for hydroxylation is 1. The summed E-state index contributed by atoms with van der Waals surface area (Å²) in [6.07, 6.45) is 4.70. The van der Waals surface area contributed by atoms with E-state index in [1.807, 2.05) is 37.3 Å². The molecule has 1 aliphatic rings. The van der Waals surface area contributed by atoms with Gasteiger partial charge in [0.1, 0.15) is 5.54 Å². The predicted molar refractivity (Wildman–Crippen MR) is 122 cm³/mol. The van der Waals surface area contributed by atoms with Crippen LogP contribution in [0.2, 0.25) is 0 Å². The Morgan fingerprint density at radius 3 is 2.12 bits per heavy atom. The van der Waals surface area contributed by atoms with Crippen molar-refractivity contribution in [1.82, 2.24) is 4.31 Å². The highest BCUT2D eigenvalue weighted by Gasteiger charge is 2.70. The van der Waals surface area contributed by atoms with Crippen LogP contribution < -0.4 is 0 Å². The average molecular weight is 446 g/mol. The Balaban J connectivity index is 1.73. The van der Waals surface area contributed by atoms with E-state index in [4.69, 9.17) is 11.2 Å². The van der Waals surface area contributed by atoms with E-state index >= 15 is 0 Å². The number of ether oxygens (including phenoxy) is 1. The van der Waals surface area contributed by atoms with Crippen molar-refractivity contribution in [3.63, 3.8) is 0 Å². The fourth-order valence-corrected chi connectivity index (χ4v) is 6.02. The summed E-state index contributed by atoms with van der Waals surface area (Å²) in [4.78, 5) is 12.9. The van der Waals surface area contributed by atoms with Crippen LogP contribution in [-0.2, 0) is 14.8 Å². The molecule has 1 fully saturated rings. The van der Waals surface area contributed by atoms with Crippen LogP contribution in [0.4, 0.5) is 0 Å². The fourth-order valence-electron chi connectivity index (χ4n) is 4.03. The van der Waals surface area contributed by atoms with Crippen molar-refractivity contribution in [2.24, 2.45) is 0 Å². The van der Waals surface area contributed by atoms with Gasteiger partial charge >= 0.3 is 5.97 Å². The molecule has 1 heterocycles. The highest BCUT2D eigenvalue weighted by atomic mass is 32.2. The van der Waals surface area contributed by atoms with E-state index in [2.05, 4.69) is 5.92 Å². The Morgan fingerprint density at radius 1 is 1.00 bits per heavy atom. The van der Waals surface area contributed by atoms with Gasteiger partial charge in [0.15, 0.2) is 6.10 Å². The molecule has 4 atom stereocenters. The molecule has 0 spiro atoms. The number of carbonyl (C=O) groups is 1. The van der Waals surface area contributed by atoms with Gasteiger partial charge in [-0.25, -0.2) is 13.2 Å². The van der Waals surface area contributed by atoms with Gasteiger partial charge in [0.05, 0.1) is 16.5 Å². The fraction of sp³-hybridized carbons (Fsp3) is 0.192. The third-order valence-electron chi connectivity index (χ3n) is 5.80. The van der Waals surface area contributed by atoms with Gasteiger partial charge in [0.2, 0.25) is 10.0 Å². The summed E-state index contributed by atoms with van der Waals surface area (Å²) in [6.45, 7) is 3.61. The zero-order chi connectivity index (χ0) is 22.9. The summed E-state index contributed by atoms with van der Waals surface area (Å²) in [5.41, 5.74) is 0.947. The molecule has 0 N–H and O–H groups in total. The zero-order valence-corrected chi connectivity index (χ0v) is 18.6. The average Bonchev–Trinajstić information content (AvgIpc) is 3.46. The van der Waals surface area contributed by atoms with E-state index in [1.54, 1.807) is 61.5 Å².